The molecule has 0 unspecified atom stereocenters. The SMILES string of the molecule is Cc1cc(N(C)Cc2csc(C)n2)c(CO)cn1. The minimum atomic E-state index is 0.00302. The Morgan fingerprint density at radius 3 is 2.78 bits per heavy atom. The highest BCUT2D eigenvalue weighted by atomic mass is 32.1. The molecule has 0 aliphatic rings. The van der Waals surface area contributed by atoms with Gasteiger partial charge in [-0.05, 0) is 19.9 Å². The van der Waals surface area contributed by atoms with Crippen molar-refractivity contribution in [1.82, 2.24) is 9.97 Å². The summed E-state index contributed by atoms with van der Waals surface area (Å²) in [4.78, 5) is 10.7. The van der Waals surface area contributed by atoms with Crippen LogP contribution in [0.25, 0.3) is 0 Å². The van der Waals surface area contributed by atoms with E-state index in [0.29, 0.717) is 0 Å². The van der Waals surface area contributed by atoms with E-state index in [-0.39, 0.29) is 6.61 Å². The van der Waals surface area contributed by atoms with Crippen LogP contribution >= 0.6 is 11.3 Å². The van der Waals surface area contributed by atoms with Gasteiger partial charge in [-0.2, -0.15) is 0 Å². The lowest BCUT2D eigenvalue weighted by Crippen LogP contribution is -2.18. The van der Waals surface area contributed by atoms with Gasteiger partial charge in [-0.3, -0.25) is 4.98 Å². The summed E-state index contributed by atoms with van der Waals surface area (Å²) < 4.78 is 0. The standard InChI is InChI=1S/C13H17N3OS/c1-9-4-13(11(7-17)5-14-9)16(3)6-12-8-18-10(2)15-12/h4-5,8,17H,6-7H2,1-3H3. The molecule has 96 valence electrons. The number of hydrogen-bond donors (Lipinski definition) is 1. The Labute approximate surface area is 111 Å². The van der Waals surface area contributed by atoms with E-state index in [1.165, 1.54) is 0 Å². The number of nitrogens with zero attached hydrogens (tertiary/aromatic N) is 3. The second-order valence-corrected chi connectivity index (χ2v) is 5.39. The van der Waals surface area contributed by atoms with Gasteiger partial charge < -0.3 is 10.0 Å². The number of aliphatic hydroxyl groups excluding tert-OH is 1. The molecule has 18 heavy (non-hydrogen) atoms. The third kappa shape index (κ3) is 2.86. The first kappa shape index (κ1) is 13.0. The fourth-order valence-corrected chi connectivity index (χ4v) is 2.46. The molecule has 0 aromatic carbocycles. The summed E-state index contributed by atoms with van der Waals surface area (Å²) in [5.74, 6) is 0. The largest absolute Gasteiger partial charge is 0.392 e. The fourth-order valence-electron chi connectivity index (χ4n) is 1.86. The fraction of sp³-hybridized carbons (Fsp3) is 0.385. The molecule has 0 bridgehead atoms. The Morgan fingerprint density at radius 1 is 1.39 bits per heavy atom. The maximum Gasteiger partial charge on any atom is 0.0898 e. The van der Waals surface area contributed by atoms with Gasteiger partial charge in [0, 0.05) is 35.6 Å². The first-order valence-electron chi connectivity index (χ1n) is 5.78. The Kier molecular flexibility index (Phi) is 3.93. The Hall–Kier alpha value is -1.46. The minimum Gasteiger partial charge on any atom is -0.392 e. The molecule has 0 spiro atoms. The van der Waals surface area contributed by atoms with Crippen molar-refractivity contribution >= 4 is 17.0 Å². The molecule has 5 heteroatoms. The number of aliphatic hydroxyl groups is 1. The highest BCUT2D eigenvalue weighted by Gasteiger charge is 2.10. The Balaban J connectivity index is 2.22. The summed E-state index contributed by atoms with van der Waals surface area (Å²) in [5.41, 5.74) is 3.85. The monoisotopic (exact) mass is 263 g/mol. The molecule has 0 aliphatic heterocycles. The molecule has 4 nitrogen and oxygen atoms in total. The molecular weight excluding hydrogens is 246 g/mol. The van der Waals surface area contributed by atoms with Crippen molar-refractivity contribution in [2.45, 2.75) is 27.0 Å². The maximum atomic E-state index is 9.35. The van der Waals surface area contributed by atoms with Gasteiger partial charge in [-0.15, -0.1) is 11.3 Å². The zero-order chi connectivity index (χ0) is 13.1. The molecule has 2 aromatic rings. The van der Waals surface area contributed by atoms with E-state index in [1.54, 1.807) is 17.5 Å². The van der Waals surface area contributed by atoms with Gasteiger partial charge in [0.05, 0.1) is 23.9 Å². The van der Waals surface area contributed by atoms with E-state index in [4.69, 9.17) is 0 Å². The molecule has 0 radical (unpaired) electrons. The number of aryl methyl sites for hydroxylation is 2. The van der Waals surface area contributed by atoms with Crippen molar-refractivity contribution in [3.05, 3.63) is 39.6 Å². The summed E-state index contributed by atoms with van der Waals surface area (Å²) in [6.07, 6.45) is 1.73. The Morgan fingerprint density at radius 2 is 2.17 bits per heavy atom. The lowest BCUT2D eigenvalue weighted by Gasteiger charge is -2.21. The molecular formula is C13H17N3OS. The lowest BCUT2D eigenvalue weighted by molar-refractivity contribution is 0.281. The van der Waals surface area contributed by atoms with Gasteiger partial charge in [0.1, 0.15) is 0 Å². The molecule has 2 heterocycles. The Bertz CT molecular complexity index is 539. The second kappa shape index (κ2) is 5.46. The summed E-state index contributed by atoms with van der Waals surface area (Å²) in [6, 6.07) is 1.99. The van der Waals surface area contributed by atoms with Crippen molar-refractivity contribution in [2.75, 3.05) is 11.9 Å². The highest BCUT2D eigenvalue weighted by Crippen LogP contribution is 2.22. The smallest absolute Gasteiger partial charge is 0.0898 e. The van der Waals surface area contributed by atoms with Crippen molar-refractivity contribution < 1.29 is 5.11 Å². The highest BCUT2D eigenvalue weighted by molar-refractivity contribution is 7.09. The summed E-state index contributed by atoms with van der Waals surface area (Å²) >= 11 is 1.66. The van der Waals surface area contributed by atoms with Crippen LogP contribution in [0.3, 0.4) is 0 Å². The van der Waals surface area contributed by atoms with Crippen LogP contribution in [0.1, 0.15) is 22.0 Å². The average Bonchev–Trinajstić information content (AvgIpc) is 2.74. The number of thiazole rings is 1. The van der Waals surface area contributed by atoms with Crippen LogP contribution in [-0.4, -0.2) is 22.1 Å². The molecule has 0 amide bonds. The zero-order valence-electron chi connectivity index (χ0n) is 10.8. The molecule has 0 saturated carbocycles. The van der Waals surface area contributed by atoms with Crippen LogP contribution in [-0.2, 0) is 13.2 Å². The van der Waals surface area contributed by atoms with E-state index in [2.05, 4.69) is 20.2 Å². The first-order chi connectivity index (χ1) is 8.60. The van der Waals surface area contributed by atoms with Crippen molar-refractivity contribution in [3.63, 3.8) is 0 Å². The molecule has 2 aromatic heterocycles. The lowest BCUT2D eigenvalue weighted by atomic mass is 10.2. The van der Waals surface area contributed by atoms with Crippen molar-refractivity contribution in [2.24, 2.45) is 0 Å². The topological polar surface area (TPSA) is 49.2 Å². The van der Waals surface area contributed by atoms with E-state index in [0.717, 1.165) is 34.2 Å². The van der Waals surface area contributed by atoms with E-state index >= 15 is 0 Å². The first-order valence-corrected chi connectivity index (χ1v) is 6.66. The molecule has 0 fully saturated rings. The number of rotatable bonds is 4. The zero-order valence-corrected chi connectivity index (χ0v) is 11.7. The van der Waals surface area contributed by atoms with Crippen LogP contribution in [0.5, 0.6) is 0 Å². The third-order valence-corrected chi connectivity index (χ3v) is 3.57. The van der Waals surface area contributed by atoms with Gasteiger partial charge >= 0.3 is 0 Å². The molecule has 0 aliphatic carbocycles. The summed E-state index contributed by atoms with van der Waals surface area (Å²) in [7, 11) is 2.00. The van der Waals surface area contributed by atoms with Crippen molar-refractivity contribution in [1.29, 1.82) is 0 Å². The molecule has 0 saturated heterocycles. The number of pyridine rings is 1. The summed E-state index contributed by atoms with van der Waals surface area (Å²) in [5, 5.41) is 12.5. The molecule has 1 N–H and O–H groups in total. The van der Waals surface area contributed by atoms with Crippen LogP contribution in [0, 0.1) is 13.8 Å². The minimum absolute atomic E-state index is 0.00302. The maximum absolute atomic E-state index is 9.35. The van der Waals surface area contributed by atoms with Gasteiger partial charge in [0.2, 0.25) is 0 Å². The third-order valence-electron chi connectivity index (χ3n) is 2.75. The number of anilines is 1. The van der Waals surface area contributed by atoms with Crippen LogP contribution in [0.15, 0.2) is 17.6 Å². The molecule has 2 rings (SSSR count). The van der Waals surface area contributed by atoms with Gasteiger partial charge in [0.15, 0.2) is 0 Å². The van der Waals surface area contributed by atoms with E-state index in [9.17, 15) is 5.11 Å². The number of hydrogen-bond acceptors (Lipinski definition) is 5. The molecule has 0 atom stereocenters. The van der Waals surface area contributed by atoms with Gasteiger partial charge in [0.25, 0.3) is 0 Å². The predicted octanol–water partition coefficient (Wildman–Crippen LogP) is 2.28. The van der Waals surface area contributed by atoms with Gasteiger partial charge in [-0.1, -0.05) is 0 Å². The van der Waals surface area contributed by atoms with Crippen LogP contribution in [0.2, 0.25) is 0 Å². The second-order valence-electron chi connectivity index (χ2n) is 4.33. The summed E-state index contributed by atoms with van der Waals surface area (Å²) in [6.45, 7) is 4.69. The van der Waals surface area contributed by atoms with Crippen LogP contribution < -0.4 is 4.90 Å². The van der Waals surface area contributed by atoms with E-state index in [1.807, 2.05) is 27.0 Å². The quantitative estimate of drug-likeness (QED) is 0.919. The normalized spacial score (nSPS) is 10.7. The number of aromatic nitrogens is 2. The van der Waals surface area contributed by atoms with E-state index < -0.39 is 0 Å². The van der Waals surface area contributed by atoms with Gasteiger partial charge in [-0.25, -0.2) is 4.98 Å². The predicted molar refractivity (Wildman–Crippen MR) is 73.9 cm³/mol. The van der Waals surface area contributed by atoms with Crippen LogP contribution in [0.4, 0.5) is 5.69 Å². The van der Waals surface area contributed by atoms with Crippen molar-refractivity contribution in [3.8, 4) is 0 Å². The average molecular weight is 263 g/mol.